The molecule has 0 spiro atoms. The average Bonchev–Trinajstić information content (AvgIpc) is 3.09. The molecule has 0 aliphatic rings. The lowest BCUT2D eigenvalue weighted by Gasteiger charge is -2.14. The van der Waals surface area contributed by atoms with Crippen LogP contribution in [0.1, 0.15) is 31.2 Å². The van der Waals surface area contributed by atoms with Gasteiger partial charge in [-0.1, -0.05) is 44.2 Å². The van der Waals surface area contributed by atoms with Gasteiger partial charge in [-0.15, -0.1) is 10.2 Å². The van der Waals surface area contributed by atoms with Gasteiger partial charge >= 0.3 is 0 Å². The number of benzene rings is 2. The first kappa shape index (κ1) is 16.3. The molecule has 6 heteroatoms. The van der Waals surface area contributed by atoms with Crippen molar-refractivity contribution in [1.82, 2.24) is 19.2 Å². The lowest BCUT2D eigenvalue weighted by atomic mass is 10.0. The van der Waals surface area contributed by atoms with Crippen molar-refractivity contribution in [3.05, 3.63) is 70.3 Å². The van der Waals surface area contributed by atoms with E-state index in [9.17, 15) is 4.79 Å². The molecule has 0 unspecified atom stereocenters. The van der Waals surface area contributed by atoms with Gasteiger partial charge in [0.2, 0.25) is 5.78 Å². The van der Waals surface area contributed by atoms with Crippen molar-refractivity contribution in [3.8, 4) is 0 Å². The van der Waals surface area contributed by atoms with Gasteiger partial charge in [0.15, 0.2) is 5.82 Å². The fourth-order valence-electron chi connectivity index (χ4n) is 3.34. The second-order valence-electron chi connectivity index (χ2n) is 6.73. The third kappa shape index (κ3) is 2.54. The summed E-state index contributed by atoms with van der Waals surface area (Å²) in [6.45, 7) is 4.87. The van der Waals surface area contributed by atoms with E-state index in [4.69, 9.17) is 0 Å². The van der Waals surface area contributed by atoms with Crippen LogP contribution in [0.5, 0.6) is 0 Å². The number of aromatic nitrogens is 4. The first-order valence-corrected chi connectivity index (χ1v) is 8.72. The smallest absolute Gasteiger partial charge is 0.262 e. The van der Waals surface area contributed by atoms with Crippen LogP contribution in [0.4, 0.5) is 5.69 Å². The molecule has 4 aromatic rings. The molecule has 26 heavy (non-hydrogen) atoms. The van der Waals surface area contributed by atoms with Crippen molar-refractivity contribution in [2.75, 3.05) is 5.32 Å². The standard InChI is InChI=1S/C20H21N5O/c1-13(2)14-8-4-6-10-16(14)21-12-18-22-23-20-24(3)19(26)15-9-5-7-11-17(15)25(18)20/h4-11,13,21H,12H2,1-3H3. The summed E-state index contributed by atoms with van der Waals surface area (Å²) in [4.78, 5) is 12.5. The van der Waals surface area contributed by atoms with Gasteiger partial charge in [0.1, 0.15) is 0 Å². The van der Waals surface area contributed by atoms with E-state index in [2.05, 4.69) is 47.6 Å². The molecule has 0 amide bonds. The zero-order valence-corrected chi connectivity index (χ0v) is 15.1. The summed E-state index contributed by atoms with van der Waals surface area (Å²) in [5, 5.41) is 12.7. The van der Waals surface area contributed by atoms with Gasteiger partial charge in [0.25, 0.3) is 5.56 Å². The van der Waals surface area contributed by atoms with Crippen molar-refractivity contribution >= 4 is 22.4 Å². The molecule has 0 saturated heterocycles. The second kappa shape index (κ2) is 6.29. The van der Waals surface area contributed by atoms with Gasteiger partial charge in [-0.05, 0) is 29.7 Å². The zero-order valence-electron chi connectivity index (χ0n) is 15.1. The van der Waals surface area contributed by atoms with E-state index in [1.807, 2.05) is 34.7 Å². The Balaban J connectivity index is 1.81. The van der Waals surface area contributed by atoms with Crippen molar-refractivity contribution in [2.24, 2.45) is 7.05 Å². The minimum Gasteiger partial charge on any atom is -0.377 e. The van der Waals surface area contributed by atoms with Crippen LogP contribution in [0, 0.1) is 0 Å². The van der Waals surface area contributed by atoms with Gasteiger partial charge in [0, 0.05) is 12.7 Å². The number of para-hydroxylation sites is 2. The summed E-state index contributed by atoms with van der Waals surface area (Å²) in [6, 6.07) is 15.8. The van der Waals surface area contributed by atoms with Crippen LogP contribution in [-0.4, -0.2) is 19.2 Å². The van der Waals surface area contributed by atoms with Crippen LogP contribution < -0.4 is 10.9 Å². The molecule has 0 bridgehead atoms. The maximum absolute atomic E-state index is 12.5. The first-order valence-electron chi connectivity index (χ1n) is 8.72. The number of hydrogen-bond acceptors (Lipinski definition) is 4. The molecule has 0 atom stereocenters. The zero-order chi connectivity index (χ0) is 18.3. The summed E-state index contributed by atoms with van der Waals surface area (Å²) in [5.74, 6) is 1.74. The van der Waals surface area contributed by atoms with Crippen molar-refractivity contribution in [2.45, 2.75) is 26.3 Å². The molecule has 6 nitrogen and oxygen atoms in total. The lowest BCUT2D eigenvalue weighted by molar-refractivity contribution is 0.851. The Morgan fingerprint density at radius 1 is 1.04 bits per heavy atom. The minimum absolute atomic E-state index is 0.0647. The van der Waals surface area contributed by atoms with E-state index in [1.165, 1.54) is 5.56 Å². The second-order valence-corrected chi connectivity index (χ2v) is 6.73. The summed E-state index contributed by atoms with van der Waals surface area (Å²) >= 11 is 0. The Morgan fingerprint density at radius 3 is 2.58 bits per heavy atom. The highest BCUT2D eigenvalue weighted by molar-refractivity contribution is 5.80. The Bertz CT molecular complexity index is 1160. The largest absolute Gasteiger partial charge is 0.377 e. The van der Waals surface area contributed by atoms with Crippen LogP contribution in [0.2, 0.25) is 0 Å². The van der Waals surface area contributed by atoms with Crippen molar-refractivity contribution in [3.63, 3.8) is 0 Å². The third-order valence-corrected chi connectivity index (χ3v) is 4.71. The number of nitrogens with one attached hydrogen (secondary N) is 1. The monoisotopic (exact) mass is 347 g/mol. The van der Waals surface area contributed by atoms with Crippen LogP contribution in [0.25, 0.3) is 16.7 Å². The predicted molar refractivity (Wildman–Crippen MR) is 104 cm³/mol. The Kier molecular flexibility index (Phi) is 3.95. The maximum Gasteiger partial charge on any atom is 0.262 e. The summed E-state index contributed by atoms with van der Waals surface area (Å²) in [6.07, 6.45) is 0. The number of hydrogen-bond donors (Lipinski definition) is 1. The normalized spacial score (nSPS) is 11.5. The molecule has 0 aliphatic heterocycles. The number of rotatable bonds is 4. The van der Waals surface area contributed by atoms with Gasteiger partial charge < -0.3 is 5.32 Å². The highest BCUT2D eigenvalue weighted by atomic mass is 16.1. The number of anilines is 1. The molecule has 2 aromatic carbocycles. The quantitative estimate of drug-likeness (QED) is 0.615. The van der Waals surface area contributed by atoms with Crippen LogP contribution in [0.3, 0.4) is 0 Å². The Hall–Kier alpha value is -3.15. The number of nitrogens with zero attached hydrogens (tertiary/aromatic N) is 4. The molecule has 132 valence electrons. The fraction of sp³-hybridized carbons (Fsp3) is 0.250. The van der Waals surface area contributed by atoms with Crippen molar-refractivity contribution in [1.29, 1.82) is 0 Å². The van der Waals surface area contributed by atoms with Gasteiger partial charge in [-0.2, -0.15) is 0 Å². The molecule has 0 aliphatic carbocycles. The Labute approximate surface area is 151 Å². The maximum atomic E-state index is 12.5. The van der Waals surface area contributed by atoms with Gasteiger partial charge in [-0.3, -0.25) is 13.8 Å². The number of aryl methyl sites for hydroxylation is 1. The van der Waals surface area contributed by atoms with E-state index in [0.29, 0.717) is 23.6 Å². The predicted octanol–water partition coefficient (Wildman–Crippen LogP) is 3.32. The van der Waals surface area contributed by atoms with Gasteiger partial charge in [0.05, 0.1) is 17.4 Å². The molecule has 0 saturated carbocycles. The Morgan fingerprint density at radius 2 is 1.77 bits per heavy atom. The molecule has 2 aromatic heterocycles. The van der Waals surface area contributed by atoms with Crippen molar-refractivity contribution < 1.29 is 0 Å². The molecule has 0 fully saturated rings. The summed E-state index contributed by atoms with van der Waals surface area (Å²) in [5.41, 5.74) is 3.11. The molecule has 2 heterocycles. The number of fused-ring (bicyclic) bond motifs is 3. The van der Waals surface area contributed by atoms with Crippen LogP contribution in [0.15, 0.2) is 53.3 Å². The van der Waals surface area contributed by atoms with E-state index in [1.54, 1.807) is 11.6 Å². The van der Waals surface area contributed by atoms with Crippen LogP contribution >= 0.6 is 0 Å². The van der Waals surface area contributed by atoms with E-state index < -0.39 is 0 Å². The first-order chi connectivity index (χ1) is 12.6. The molecular weight excluding hydrogens is 326 g/mol. The molecular formula is C20H21N5O. The van der Waals surface area contributed by atoms with Gasteiger partial charge in [-0.25, -0.2) is 0 Å². The fourth-order valence-corrected chi connectivity index (χ4v) is 3.34. The van der Waals surface area contributed by atoms with E-state index in [0.717, 1.165) is 17.0 Å². The minimum atomic E-state index is -0.0647. The summed E-state index contributed by atoms with van der Waals surface area (Å²) < 4.78 is 3.49. The van der Waals surface area contributed by atoms with Crippen LogP contribution in [-0.2, 0) is 13.6 Å². The highest BCUT2D eigenvalue weighted by Gasteiger charge is 2.14. The molecule has 4 rings (SSSR count). The summed E-state index contributed by atoms with van der Waals surface area (Å²) in [7, 11) is 1.73. The SMILES string of the molecule is CC(C)c1ccccc1NCc1nnc2n(C)c(=O)c3ccccc3n12. The molecule has 1 N–H and O–H groups in total. The lowest BCUT2D eigenvalue weighted by Crippen LogP contribution is -2.20. The topological polar surface area (TPSA) is 64.2 Å². The van der Waals surface area contributed by atoms with E-state index in [-0.39, 0.29) is 5.56 Å². The third-order valence-electron chi connectivity index (χ3n) is 4.71. The van der Waals surface area contributed by atoms with E-state index >= 15 is 0 Å². The molecule has 0 radical (unpaired) electrons. The highest BCUT2D eigenvalue weighted by Crippen LogP contribution is 2.24. The average molecular weight is 347 g/mol.